The lowest BCUT2D eigenvalue weighted by Gasteiger charge is -2.03. The van der Waals surface area contributed by atoms with Crippen molar-refractivity contribution in [3.05, 3.63) is 0 Å². The maximum atomic E-state index is 9.76. The molecule has 0 spiro atoms. The minimum Gasteiger partial charge on any atom is -0.725 e. The Morgan fingerprint density at radius 2 is 2.00 bits per heavy atom. The van der Waals surface area contributed by atoms with E-state index in [0.29, 0.717) is 0 Å². The Morgan fingerprint density at radius 1 is 1.56 bits per heavy atom. The maximum Gasteiger partial charge on any atom is 0.223 e. The van der Waals surface area contributed by atoms with Crippen LogP contribution in [0.4, 0.5) is 0 Å². The third kappa shape index (κ3) is 8.22. The van der Waals surface area contributed by atoms with Crippen LogP contribution >= 0.6 is 0 Å². The summed E-state index contributed by atoms with van der Waals surface area (Å²) < 4.78 is 33.2. The summed E-state index contributed by atoms with van der Waals surface area (Å²) in [6.07, 6.45) is 3.57. The lowest BCUT2D eigenvalue weighted by atomic mass is 11.7. The summed E-state index contributed by atoms with van der Waals surface area (Å²) >= 11 is 0. The highest BCUT2D eigenvalue weighted by Gasteiger charge is 2.04. The van der Waals surface area contributed by atoms with Crippen molar-refractivity contribution in [1.82, 2.24) is 0 Å². The predicted octanol–water partition coefficient (Wildman–Crippen LogP) is -0.701. The van der Waals surface area contributed by atoms with Gasteiger partial charge in [-0.15, -0.1) is 0 Å². The van der Waals surface area contributed by atoms with E-state index in [1.54, 1.807) is 12.5 Å². The number of rotatable bonds is 3. The molecular formula is C3H8O4S2. The van der Waals surface area contributed by atoms with Crippen LogP contribution in [0.5, 0.6) is 0 Å². The Kier molecular flexibility index (Phi) is 3.49. The second kappa shape index (κ2) is 3.40. The van der Waals surface area contributed by atoms with Gasteiger partial charge in [-0.25, -0.2) is 12.6 Å². The summed E-state index contributed by atoms with van der Waals surface area (Å²) in [6.45, 7) is 0. The van der Waals surface area contributed by atoms with Gasteiger partial charge in [0.15, 0.2) is 0 Å². The summed E-state index contributed by atoms with van der Waals surface area (Å²) in [6, 6.07) is 0. The molecule has 56 valence electrons. The molecular weight excluding hydrogens is 164 g/mol. The Labute approximate surface area is 57.5 Å². The largest absolute Gasteiger partial charge is 0.725 e. The topological polar surface area (TPSA) is 66.4 Å². The molecule has 0 saturated heterocycles. The highest BCUT2D eigenvalue weighted by molar-refractivity contribution is 7.95. The first-order valence-electron chi connectivity index (χ1n) is 2.06. The zero-order valence-corrected chi connectivity index (χ0v) is 6.79. The van der Waals surface area contributed by atoms with Crippen LogP contribution < -0.4 is 0 Å². The molecule has 0 aromatic heterocycles. The fourth-order valence-electron chi connectivity index (χ4n) is 0.155. The minimum absolute atomic E-state index is 0.00810. The highest BCUT2D eigenvalue weighted by atomic mass is 32.3. The summed E-state index contributed by atoms with van der Waals surface area (Å²) in [5, 5.41) is 0. The molecule has 6 heteroatoms. The fraction of sp³-hybridized carbons (Fsp3) is 1.00. The van der Waals surface area contributed by atoms with Crippen molar-refractivity contribution in [2.24, 2.45) is 0 Å². The van der Waals surface area contributed by atoms with Crippen LogP contribution in [-0.4, -0.2) is 31.4 Å². The van der Waals surface area contributed by atoms with E-state index in [4.69, 9.17) is 0 Å². The smallest absolute Gasteiger partial charge is 0.223 e. The van der Waals surface area contributed by atoms with Gasteiger partial charge in [0.05, 0.1) is 12.5 Å². The lowest BCUT2D eigenvalue weighted by Crippen LogP contribution is -2.11. The van der Waals surface area contributed by atoms with Gasteiger partial charge in [0.1, 0.15) is 0 Å². The van der Waals surface area contributed by atoms with Crippen LogP contribution in [0.2, 0.25) is 0 Å². The summed E-state index contributed by atoms with van der Waals surface area (Å²) in [7, 11) is -4.63. The molecule has 0 rings (SSSR count). The summed E-state index contributed by atoms with van der Waals surface area (Å²) in [5.74, 6) is -0.00810. The van der Waals surface area contributed by atoms with Gasteiger partial charge in [0.25, 0.3) is 0 Å². The maximum absolute atomic E-state index is 9.76. The van der Waals surface area contributed by atoms with E-state index in [9.17, 15) is 13.0 Å². The van der Waals surface area contributed by atoms with Crippen LogP contribution in [0.25, 0.3) is 0 Å². The molecule has 0 aromatic carbocycles. The van der Waals surface area contributed by atoms with Gasteiger partial charge >= 0.3 is 0 Å². The van der Waals surface area contributed by atoms with Crippen molar-refractivity contribution in [1.29, 1.82) is 0 Å². The van der Waals surface area contributed by atoms with Crippen molar-refractivity contribution in [2.45, 2.75) is 0 Å². The zero-order chi connectivity index (χ0) is 7.49. The molecule has 4 nitrogen and oxygen atoms in total. The predicted molar refractivity (Wildman–Crippen MR) is 34.9 cm³/mol. The standard InChI is InChI=1S/C3H8O4S2/c1-8(2)3-7-9(4,5)6/h3H2,1-2H3. The molecule has 0 N–H and O–H groups in total. The second-order valence-electron chi connectivity index (χ2n) is 1.63. The molecule has 0 unspecified atom stereocenters. The molecule has 0 aliphatic rings. The van der Waals surface area contributed by atoms with Crippen LogP contribution in [0.3, 0.4) is 0 Å². The number of hydrogen-bond donors (Lipinski definition) is 0. The number of hydrogen-bond acceptors (Lipinski definition) is 4. The molecule has 0 amide bonds. The normalized spacial score (nSPS) is 12.4. The molecule has 0 saturated carbocycles. The average Bonchev–Trinajstić information content (AvgIpc) is 1.59. The van der Waals surface area contributed by atoms with Crippen molar-refractivity contribution in [2.75, 3.05) is 18.5 Å². The highest BCUT2D eigenvalue weighted by Crippen LogP contribution is 1.90. The second-order valence-corrected chi connectivity index (χ2v) is 4.89. The van der Waals surface area contributed by atoms with Crippen molar-refractivity contribution >= 4 is 21.3 Å². The van der Waals surface area contributed by atoms with Gasteiger partial charge in [0, 0.05) is 10.9 Å². The molecule has 0 aromatic rings. The molecule has 9 heavy (non-hydrogen) atoms. The first-order valence-corrected chi connectivity index (χ1v) is 5.60. The molecule has 0 aliphatic carbocycles. The van der Waals surface area contributed by atoms with Crippen LogP contribution in [0, 0.1) is 0 Å². The van der Waals surface area contributed by atoms with E-state index in [-0.39, 0.29) is 16.8 Å². The Bertz CT molecular complexity index is 159. The minimum atomic E-state index is -4.46. The van der Waals surface area contributed by atoms with Gasteiger partial charge in [-0.2, -0.15) is 0 Å². The van der Waals surface area contributed by atoms with Gasteiger partial charge in [0.2, 0.25) is 16.3 Å². The Balaban J connectivity index is 3.53. The molecule has 0 fully saturated rings. The van der Waals surface area contributed by atoms with Crippen molar-refractivity contribution in [3.63, 3.8) is 0 Å². The van der Waals surface area contributed by atoms with Crippen LogP contribution in [-0.2, 0) is 25.5 Å². The molecule has 0 bridgehead atoms. The lowest BCUT2D eigenvalue weighted by molar-refractivity contribution is 0.302. The first kappa shape index (κ1) is 9.22. The fourth-order valence-corrected chi connectivity index (χ4v) is 1.40. The quantitative estimate of drug-likeness (QED) is 0.321. The summed E-state index contributed by atoms with van der Waals surface area (Å²) in [4.78, 5) is 0. The van der Waals surface area contributed by atoms with Gasteiger partial charge in [-0.05, 0) is 0 Å². The Hall–Kier alpha value is 0.220. The van der Waals surface area contributed by atoms with E-state index in [2.05, 4.69) is 4.18 Å². The van der Waals surface area contributed by atoms with Gasteiger partial charge in [-0.1, -0.05) is 0 Å². The zero-order valence-electron chi connectivity index (χ0n) is 5.16. The first-order chi connectivity index (χ1) is 3.92. The van der Waals surface area contributed by atoms with E-state index in [1.807, 2.05) is 0 Å². The third-order valence-corrected chi connectivity index (χ3v) is 1.57. The van der Waals surface area contributed by atoms with Crippen LogP contribution in [0.15, 0.2) is 0 Å². The average molecular weight is 172 g/mol. The van der Waals surface area contributed by atoms with E-state index >= 15 is 0 Å². The Morgan fingerprint density at radius 3 is 2.11 bits per heavy atom. The summed E-state index contributed by atoms with van der Waals surface area (Å²) in [5.41, 5.74) is 0. The molecule has 0 radical (unpaired) electrons. The van der Waals surface area contributed by atoms with Crippen molar-refractivity contribution in [3.8, 4) is 0 Å². The monoisotopic (exact) mass is 172 g/mol. The van der Waals surface area contributed by atoms with Gasteiger partial charge < -0.3 is 4.55 Å². The van der Waals surface area contributed by atoms with E-state index < -0.39 is 10.4 Å². The van der Waals surface area contributed by atoms with Gasteiger partial charge in [-0.3, -0.25) is 0 Å². The van der Waals surface area contributed by atoms with Crippen molar-refractivity contribution < 1.29 is 17.2 Å². The van der Waals surface area contributed by atoms with Crippen LogP contribution in [0.1, 0.15) is 0 Å². The SMILES string of the molecule is C[S+](C)COS(=O)(=O)[O-]. The van der Waals surface area contributed by atoms with E-state index in [0.717, 1.165) is 0 Å². The molecule has 0 atom stereocenters. The molecule has 0 aliphatic heterocycles. The van der Waals surface area contributed by atoms with E-state index in [1.165, 1.54) is 0 Å². The molecule has 0 heterocycles. The third-order valence-electron chi connectivity index (χ3n) is 0.428.